The van der Waals surface area contributed by atoms with Crippen molar-refractivity contribution in [2.45, 2.75) is 0 Å². The van der Waals surface area contributed by atoms with E-state index in [1.165, 1.54) is 12.1 Å². The summed E-state index contributed by atoms with van der Waals surface area (Å²) in [6, 6.07) is 29.4. The zero-order valence-corrected chi connectivity index (χ0v) is 17.3. The van der Waals surface area contributed by atoms with Gasteiger partial charge in [-0.25, -0.2) is 14.3 Å². The van der Waals surface area contributed by atoms with Crippen LogP contribution in [-0.4, -0.2) is 31.9 Å². The van der Waals surface area contributed by atoms with Crippen molar-refractivity contribution in [3.8, 4) is 28.2 Å². The highest BCUT2D eigenvalue weighted by Crippen LogP contribution is 2.35. The molecule has 4 aromatic carbocycles. The highest BCUT2D eigenvalue weighted by Gasteiger charge is 2.21. The molecule has 0 atom stereocenters. The van der Waals surface area contributed by atoms with Gasteiger partial charge in [-0.3, -0.25) is 0 Å². The van der Waals surface area contributed by atoms with Gasteiger partial charge < -0.3 is 10.2 Å². The summed E-state index contributed by atoms with van der Waals surface area (Å²) in [5.41, 5.74) is 3.86. The summed E-state index contributed by atoms with van der Waals surface area (Å²) in [7, 11) is 0. The molecule has 2 N–H and O–H groups in total. The molecule has 0 aliphatic heterocycles. The summed E-state index contributed by atoms with van der Waals surface area (Å²) in [6.45, 7) is 0. The molecule has 0 aliphatic rings. The number of para-hydroxylation sites is 1. The number of nitrogens with zero attached hydrogens (tertiary/aromatic N) is 2. The van der Waals surface area contributed by atoms with E-state index < -0.39 is 11.9 Å². The van der Waals surface area contributed by atoms with Gasteiger partial charge in [0.1, 0.15) is 0 Å². The monoisotopic (exact) mass is 434 g/mol. The summed E-state index contributed by atoms with van der Waals surface area (Å²) in [4.78, 5) is 23.7. The summed E-state index contributed by atoms with van der Waals surface area (Å²) < 4.78 is 1.84. The fraction of sp³-hybridized carbons (Fsp3) is 0. The van der Waals surface area contributed by atoms with E-state index in [9.17, 15) is 19.8 Å². The smallest absolute Gasteiger partial charge is 0.336 e. The molecule has 0 fully saturated rings. The molecule has 5 aromatic rings. The molecule has 0 spiro atoms. The third kappa shape index (κ3) is 3.53. The minimum absolute atomic E-state index is 0.0578. The summed E-state index contributed by atoms with van der Waals surface area (Å²) in [6.07, 6.45) is 0. The van der Waals surface area contributed by atoms with E-state index >= 15 is 0 Å². The highest BCUT2D eigenvalue weighted by atomic mass is 16.4. The van der Waals surface area contributed by atoms with Gasteiger partial charge >= 0.3 is 11.9 Å². The lowest BCUT2D eigenvalue weighted by molar-refractivity contribution is 0.0695. The summed E-state index contributed by atoms with van der Waals surface area (Å²) in [5, 5.41) is 24.9. The molecule has 0 radical (unpaired) electrons. The second kappa shape index (κ2) is 8.09. The fourth-order valence-corrected chi connectivity index (χ4v) is 4.08. The number of fused-ring (bicyclic) bond motifs is 1. The Kier molecular flexibility index (Phi) is 4.95. The molecular formula is C27H18N2O4. The summed E-state index contributed by atoms with van der Waals surface area (Å²) >= 11 is 0. The Morgan fingerprint density at radius 1 is 0.697 bits per heavy atom. The molecule has 1 heterocycles. The van der Waals surface area contributed by atoms with Crippen molar-refractivity contribution in [3.63, 3.8) is 0 Å². The first-order valence-corrected chi connectivity index (χ1v) is 10.3. The largest absolute Gasteiger partial charge is 0.478 e. The van der Waals surface area contributed by atoms with E-state index in [0.717, 1.165) is 16.9 Å². The van der Waals surface area contributed by atoms with Gasteiger partial charge in [-0.15, -0.1) is 0 Å². The Labute approximate surface area is 189 Å². The van der Waals surface area contributed by atoms with Gasteiger partial charge in [0.15, 0.2) is 0 Å². The normalized spacial score (nSPS) is 10.9. The van der Waals surface area contributed by atoms with Gasteiger partial charge in [-0.1, -0.05) is 66.7 Å². The van der Waals surface area contributed by atoms with Crippen molar-refractivity contribution < 1.29 is 19.8 Å². The maximum absolute atomic E-state index is 11.9. The Morgan fingerprint density at radius 2 is 1.33 bits per heavy atom. The number of aromatic carboxylic acids is 2. The van der Waals surface area contributed by atoms with Crippen molar-refractivity contribution in [1.82, 2.24) is 9.78 Å². The van der Waals surface area contributed by atoms with E-state index in [-0.39, 0.29) is 16.5 Å². The Morgan fingerprint density at radius 3 is 2.00 bits per heavy atom. The van der Waals surface area contributed by atoms with Crippen LogP contribution in [0.25, 0.3) is 39.0 Å². The molecular weight excluding hydrogens is 416 g/mol. The van der Waals surface area contributed by atoms with Gasteiger partial charge in [0, 0.05) is 16.5 Å². The molecule has 0 saturated carbocycles. The number of aromatic nitrogens is 2. The number of carboxylic acids is 2. The lowest BCUT2D eigenvalue weighted by Crippen LogP contribution is -2.05. The Hall–Kier alpha value is -4.71. The Bertz CT molecular complexity index is 1430. The maximum atomic E-state index is 11.9. The van der Waals surface area contributed by atoms with Crippen LogP contribution in [0.3, 0.4) is 0 Å². The minimum Gasteiger partial charge on any atom is -0.478 e. The van der Waals surface area contributed by atoms with Gasteiger partial charge in [-0.2, -0.15) is 5.10 Å². The van der Waals surface area contributed by atoms with Crippen LogP contribution in [0.15, 0.2) is 97.1 Å². The van der Waals surface area contributed by atoms with Crippen LogP contribution < -0.4 is 0 Å². The third-order valence-electron chi connectivity index (χ3n) is 5.56. The van der Waals surface area contributed by atoms with Crippen LogP contribution in [0.1, 0.15) is 20.7 Å². The molecule has 6 heteroatoms. The van der Waals surface area contributed by atoms with Crippen LogP contribution in [0, 0.1) is 0 Å². The number of hydrogen-bond acceptors (Lipinski definition) is 3. The van der Waals surface area contributed by atoms with Crippen molar-refractivity contribution in [2.24, 2.45) is 0 Å². The van der Waals surface area contributed by atoms with Crippen molar-refractivity contribution in [3.05, 3.63) is 108 Å². The van der Waals surface area contributed by atoms with Gasteiger partial charge in [0.2, 0.25) is 0 Å². The average Bonchev–Trinajstić information content (AvgIpc) is 3.29. The van der Waals surface area contributed by atoms with E-state index in [2.05, 4.69) is 0 Å². The second-order valence-electron chi connectivity index (χ2n) is 7.53. The summed E-state index contributed by atoms with van der Waals surface area (Å²) in [5.74, 6) is -2.36. The molecule has 0 bridgehead atoms. The van der Waals surface area contributed by atoms with Gasteiger partial charge in [0.25, 0.3) is 0 Å². The number of carboxylic acid groups (broad SMARTS) is 2. The van der Waals surface area contributed by atoms with Crippen LogP contribution in [0.2, 0.25) is 0 Å². The molecule has 0 unspecified atom stereocenters. The first-order valence-electron chi connectivity index (χ1n) is 10.3. The number of benzene rings is 4. The number of hydrogen-bond donors (Lipinski definition) is 2. The topological polar surface area (TPSA) is 92.4 Å². The van der Waals surface area contributed by atoms with E-state index in [1.807, 2.05) is 71.4 Å². The van der Waals surface area contributed by atoms with Crippen molar-refractivity contribution in [1.29, 1.82) is 0 Å². The van der Waals surface area contributed by atoms with Gasteiger partial charge in [0.05, 0.1) is 28.2 Å². The molecule has 5 rings (SSSR count). The molecule has 160 valence electrons. The SMILES string of the molecule is O=C(O)c1cccc2c(-c3cc(-c4ccccc4)n(-c4ccccc4)n3)ccc(C(=O)O)c12. The van der Waals surface area contributed by atoms with Gasteiger partial charge in [-0.05, 0) is 35.7 Å². The van der Waals surface area contributed by atoms with E-state index in [1.54, 1.807) is 18.2 Å². The Balaban J connectivity index is 1.81. The second-order valence-corrected chi connectivity index (χ2v) is 7.53. The third-order valence-corrected chi connectivity index (χ3v) is 5.56. The maximum Gasteiger partial charge on any atom is 0.336 e. The van der Waals surface area contributed by atoms with Crippen LogP contribution in [0.5, 0.6) is 0 Å². The fourth-order valence-electron chi connectivity index (χ4n) is 4.08. The lowest BCUT2D eigenvalue weighted by atomic mass is 9.94. The zero-order valence-electron chi connectivity index (χ0n) is 17.3. The predicted octanol–water partition coefficient (Wildman–Crippen LogP) is 5.76. The average molecular weight is 434 g/mol. The molecule has 1 aromatic heterocycles. The first kappa shape index (κ1) is 20.2. The quantitative estimate of drug-likeness (QED) is 0.367. The molecule has 0 amide bonds. The highest BCUT2D eigenvalue weighted by molar-refractivity contribution is 6.15. The van der Waals surface area contributed by atoms with Crippen LogP contribution in [0.4, 0.5) is 0 Å². The predicted molar refractivity (Wildman–Crippen MR) is 126 cm³/mol. The minimum atomic E-state index is -1.18. The number of rotatable bonds is 5. The molecule has 0 saturated heterocycles. The van der Waals surface area contributed by atoms with E-state index in [0.29, 0.717) is 16.6 Å². The van der Waals surface area contributed by atoms with Crippen LogP contribution >= 0.6 is 0 Å². The number of carbonyl (C=O) groups is 2. The molecule has 33 heavy (non-hydrogen) atoms. The van der Waals surface area contributed by atoms with Crippen LogP contribution in [-0.2, 0) is 0 Å². The first-order chi connectivity index (χ1) is 16.0. The lowest BCUT2D eigenvalue weighted by Gasteiger charge is -2.10. The van der Waals surface area contributed by atoms with Crippen molar-refractivity contribution in [2.75, 3.05) is 0 Å². The molecule has 6 nitrogen and oxygen atoms in total. The molecule has 0 aliphatic carbocycles. The van der Waals surface area contributed by atoms with Crippen molar-refractivity contribution >= 4 is 22.7 Å². The zero-order chi connectivity index (χ0) is 22.9. The standard InChI is InChI=1S/C27H18N2O4/c30-26(31)21-13-7-12-20-19(14-15-22(25(20)21)27(32)33)23-16-24(17-8-3-1-4-9-17)29(28-23)18-10-5-2-6-11-18/h1-16H,(H,30,31)(H,32,33). The van der Waals surface area contributed by atoms with E-state index in [4.69, 9.17) is 5.10 Å².